The van der Waals surface area contributed by atoms with Gasteiger partial charge in [-0.3, -0.25) is 4.79 Å². The van der Waals surface area contributed by atoms with Crippen molar-refractivity contribution in [2.45, 2.75) is 40.0 Å². The van der Waals surface area contributed by atoms with Crippen LogP contribution in [0.5, 0.6) is 0 Å². The fraction of sp³-hybridized carbons (Fsp3) is 0.818. The third kappa shape index (κ3) is 5.58. The Labute approximate surface area is 97.1 Å². The van der Waals surface area contributed by atoms with E-state index < -0.39 is 5.97 Å². The zero-order chi connectivity index (χ0) is 12.6. The Hall–Kier alpha value is -1.26. The molecule has 0 aromatic rings. The van der Waals surface area contributed by atoms with Crippen molar-refractivity contribution in [1.82, 2.24) is 5.32 Å². The number of carboxylic acid groups (broad SMARTS) is 1. The van der Waals surface area contributed by atoms with Crippen molar-refractivity contribution in [3.8, 4) is 0 Å². The average Bonchev–Trinajstić information content (AvgIpc) is 2.22. The monoisotopic (exact) mass is 229 g/mol. The number of carboxylic acids is 1. The molecule has 4 N–H and O–H groups in total. The van der Waals surface area contributed by atoms with Crippen molar-refractivity contribution >= 4 is 11.8 Å². The van der Waals surface area contributed by atoms with Gasteiger partial charge in [-0.2, -0.15) is 5.10 Å². The lowest BCUT2D eigenvalue weighted by Crippen LogP contribution is -2.27. The smallest absolute Gasteiger partial charge is 0.306 e. The minimum Gasteiger partial charge on any atom is -0.481 e. The van der Waals surface area contributed by atoms with E-state index in [1.54, 1.807) is 0 Å². The fourth-order valence-corrected chi connectivity index (χ4v) is 1.56. The van der Waals surface area contributed by atoms with E-state index in [-0.39, 0.29) is 11.8 Å². The Kier molecular flexibility index (Phi) is 7.33. The molecule has 5 nitrogen and oxygen atoms in total. The van der Waals surface area contributed by atoms with Crippen molar-refractivity contribution in [3.63, 3.8) is 0 Å². The first-order chi connectivity index (χ1) is 7.52. The third-order valence-corrected chi connectivity index (χ3v) is 2.63. The predicted molar refractivity (Wildman–Crippen MR) is 65.1 cm³/mol. The number of aliphatic carboxylic acids is 1. The molecule has 0 spiro atoms. The van der Waals surface area contributed by atoms with Crippen LogP contribution < -0.4 is 11.2 Å². The van der Waals surface area contributed by atoms with Crippen molar-refractivity contribution in [1.29, 1.82) is 0 Å². The number of nitrogens with one attached hydrogen (secondary N) is 1. The molecule has 0 bridgehead atoms. The van der Waals surface area contributed by atoms with Crippen LogP contribution in [-0.2, 0) is 4.79 Å². The lowest BCUT2D eigenvalue weighted by atomic mass is 9.91. The highest BCUT2D eigenvalue weighted by Gasteiger charge is 2.20. The van der Waals surface area contributed by atoms with Crippen molar-refractivity contribution in [3.05, 3.63) is 0 Å². The van der Waals surface area contributed by atoms with Gasteiger partial charge in [-0.15, -0.1) is 0 Å². The van der Waals surface area contributed by atoms with Gasteiger partial charge in [0.2, 0.25) is 0 Å². The van der Waals surface area contributed by atoms with Crippen LogP contribution in [0.25, 0.3) is 0 Å². The molecule has 0 aliphatic carbocycles. The molecule has 1 atom stereocenters. The van der Waals surface area contributed by atoms with Crippen LogP contribution in [0.4, 0.5) is 0 Å². The highest BCUT2D eigenvalue weighted by molar-refractivity contribution is 5.81. The number of hydrogen-bond donors (Lipinski definition) is 3. The lowest BCUT2D eigenvalue weighted by molar-refractivity contribution is -0.143. The summed E-state index contributed by atoms with van der Waals surface area (Å²) in [5, 5.41) is 15.6. The van der Waals surface area contributed by atoms with Gasteiger partial charge in [0.15, 0.2) is 0 Å². The molecular formula is C11H23N3O2. The van der Waals surface area contributed by atoms with Gasteiger partial charge in [0.25, 0.3) is 0 Å². The first kappa shape index (κ1) is 14.7. The zero-order valence-electron chi connectivity index (χ0n) is 10.4. The fourth-order valence-electron chi connectivity index (χ4n) is 1.56. The number of amidine groups is 1. The summed E-state index contributed by atoms with van der Waals surface area (Å²) in [5.41, 5.74) is 0. The first-order valence-electron chi connectivity index (χ1n) is 5.76. The van der Waals surface area contributed by atoms with Crippen LogP contribution in [0.1, 0.15) is 40.0 Å². The van der Waals surface area contributed by atoms with E-state index in [1.165, 1.54) is 0 Å². The largest absolute Gasteiger partial charge is 0.481 e. The van der Waals surface area contributed by atoms with E-state index in [9.17, 15) is 4.79 Å². The SMILES string of the molecule is CCC(=NN)NCCCC(C(=O)O)C(C)C. The van der Waals surface area contributed by atoms with E-state index >= 15 is 0 Å². The quantitative estimate of drug-likeness (QED) is 0.202. The normalized spacial score (nSPS) is 13.9. The summed E-state index contributed by atoms with van der Waals surface area (Å²) in [4.78, 5) is 10.9. The van der Waals surface area contributed by atoms with Gasteiger partial charge in [-0.1, -0.05) is 20.8 Å². The molecule has 16 heavy (non-hydrogen) atoms. The maximum absolute atomic E-state index is 10.9. The Bertz CT molecular complexity index is 239. The average molecular weight is 229 g/mol. The number of hydrogen-bond acceptors (Lipinski definition) is 3. The summed E-state index contributed by atoms with van der Waals surface area (Å²) in [6.45, 7) is 6.56. The summed E-state index contributed by atoms with van der Waals surface area (Å²) in [6.07, 6.45) is 2.26. The summed E-state index contributed by atoms with van der Waals surface area (Å²) in [7, 11) is 0. The van der Waals surface area contributed by atoms with Gasteiger partial charge >= 0.3 is 5.97 Å². The third-order valence-electron chi connectivity index (χ3n) is 2.63. The van der Waals surface area contributed by atoms with E-state index in [1.807, 2.05) is 20.8 Å². The molecule has 94 valence electrons. The topological polar surface area (TPSA) is 87.7 Å². The van der Waals surface area contributed by atoms with Crippen molar-refractivity contribution in [2.24, 2.45) is 22.8 Å². The first-order valence-corrected chi connectivity index (χ1v) is 5.76. The molecule has 0 rings (SSSR count). The zero-order valence-corrected chi connectivity index (χ0v) is 10.4. The minimum atomic E-state index is -0.710. The molecule has 5 heteroatoms. The van der Waals surface area contributed by atoms with Gasteiger partial charge in [-0.25, -0.2) is 0 Å². The van der Waals surface area contributed by atoms with E-state index in [4.69, 9.17) is 10.9 Å². The number of hydrazone groups is 1. The molecule has 1 unspecified atom stereocenters. The minimum absolute atomic E-state index is 0.173. The molecule has 0 aliphatic rings. The summed E-state index contributed by atoms with van der Waals surface area (Å²) in [5.74, 6) is 5.11. The van der Waals surface area contributed by atoms with E-state index in [0.29, 0.717) is 6.42 Å². The molecule has 0 radical (unpaired) electrons. The van der Waals surface area contributed by atoms with Crippen molar-refractivity contribution in [2.75, 3.05) is 6.54 Å². The molecular weight excluding hydrogens is 206 g/mol. The van der Waals surface area contributed by atoms with Gasteiger partial charge < -0.3 is 16.3 Å². The summed E-state index contributed by atoms with van der Waals surface area (Å²) < 4.78 is 0. The number of nitrogens with zero attached hydrogens (tertiary/aromatic N) is 1. The Balaban J connectivity index is 3.83. The maximum Gasteiger partial charge on any atom is 0.306 e. The molecule has 0 aromatic carbocycles. The molecule has 0 heterocycles. The van der Waals surface area contributed by atoms with Crippen LogP contribution in [0.2, 0.25) is 0 Å². The van der Waals surface area contributed by atoms with Gasteiger partial charge in [0, 0.05) is 13.0 Å². The highest BCUT2D eigenvalue weighted by atomic mass is 16.4. The maximum atomic E-state index is 10.9. The van der Waals surface area contributed by atoms with Crippen molar-refractivity contribution < 1.29 is 9.90 Å². The van der Waals surface area contributed by atoms with Crippen LogP contribution in [0.15, 0.2) is 5.10 Å². The standard InChI is InChI=1S/C11H23N3O2/c1-4-10(14-12)13-7-5-6-9(8(2)3)11(15)16/h8-9H,4-7,12H2,1-3H3,(H,13,14)(H,15,16). The molecule has 0 fully saturated rings. The van der Waals surface area contributed by atoms with Crippen LogP contribution in [-0.4, -0.2) is 23.5 Å². The molecule has 0 saturated heterocycles. The number of rotatable bonds is 7. The van der Waals surface area contributed by atoms with E-state index in [0.717, 1.165) is 25.2 Å². The predicted octanol–water partition coefficient (Wildman–Crippen LogP) is 1.40. The second-order valence-electron chi connectivity index (χ2n) is 4.19. The Morgan fingerprint density at radius 3 is 2.50 bits per heavy atom. The lowest BCUT2D eigenvalue weighted by Gasteiger charge is -2.16. The second-order valence-corrected chi connectivity index (χ2v) is 4.19. The molecule has 0 aromatic heterocycles. The summed E-state index contributed by atoms with van der Waals surface area (Å²) in [6, 6.07) is 0. The highest BCUT2D eigenvalue weighted by Crippen LogP contribution is 2.16. The van der Waals surface area contributed by atoms with Crippen LogP contribution in [0.3, 0.4) is 0 Å². The molecule has 0 saturated carbocycles. The van der Waals surface area contributed by atoms with Crippen LogP contribution >= 0.6 is 0 Å². The molecule has 0 amide bonds. The number of carbonyl (C=O) groups is 1. The Morgan fingerprint density at radius 1 is 1.50 bits per heavy atom. The second kappa shape index (κ2) is 7.96. The van der Waals surface area contributed by atoms with E-state index in [2.05, 4.69) is 10.4 Å². The van der Waals surface area contributed by atoms with Crippen LogP contribution in [0, 0.1) is 11.8 Å². The molecule has 0 aliphatic heterocycles. The van der Waals surface area contributed by atoms with Gasteiger partial charge in [0.1, 0.15) is 5.84 Å². The van der Waals surface area contributed by atoms with Gasteiger partial charge in [-0.05, 0) is 18.8 Å². The Morgan fingerprint density at radius 2 is 2.12 bits per heavy atom. The number of nitrogens with two attached hydrogens (primary N) is 1. The van der Waals surface area contributed by atoms with Gasteiger partial charge in [0.05, 0.1) is 5.92 Å². The summed E-state index contributed by atoms with van der Waals surface area (Å²) >= 11 is 0.